The maximum Gasteiger partial charge on any atom is 0.132 e. The van der Waals surface area contributed by atoms with Crippen molar-refractivity contribution in [3.05, 3.63) is 30.1 Å². The van der Waals surface area contributed by atoms with Crippen LogP contribution in [0.25, 0.3) is 0 Å². The number of nitrogens with zero attached hydrogens (tertiary/aromatic N) is 1. The Kier molecular flexibility index (Phi) is 22.3. The molecule has 1 rings (SSSR count). The van der Waals surface area contributed by atoms with Gasteiger partial charge in [0.05, 0.1) is 0 Å². The van der Waals surface area contributed by atoms with Crippen molar-refractivity contribution in [1.29, 1.82) is 0 Å². The number of ketones is 1. The third-order valence-electron chi connectivity index (χ3n) is 1.99. The van der Waals surface area contributed by atoms with Gasteiger partial charge < -0.3 is 0 Å². The molecule has 1 aromatic heterocycles. The van der Waals surface area contributed by atoms with Crippen LogP contribution < -0.4 is 0 Å². The van der Waals surface area contributed by atoms with Crippen LogP contribution in [0.2, 0.25) is 0 Å². The highest BCUT2D eigenvalue weighted by Gasteiger charge is 2.07. The molecule has 0 aliphatic carbocycles. The molecule has 106 valence electrons. The van der Waals surface area contributed by atoms with Crippen molar-refractivity contribution in [2.75, 3.05) is 0 Å². The zero-order valence-corrected chi connectivity index (χ0v) is 13.4. The molecule has 1 heterocycles. The van der Waals surface area contributed by atoms with Gasteiger partial charge in [-0.3, -0.25) is 9.78 Å². The van der Waals surface area contributed by atoms with Crippen molar-refractivity contribution in [2.45, 2.75) is 61.8 Å². The first-order valence-electron chi connectivity index (χ1n) is 7.09. The number of aromatic nitrogens is 1. The Morgan fingerprint density at radius 2 is 1.44 bits per heavy atom. The van der Waals surface area contributed by atoms with Gasteiger partial charge in [0.1, 0.15) is 5.78 Å². The summed E-state index contributed by atoms with van der Waals surface area (Å²) in [6.45, 7) is 15.6. The summed E-state index contributed by atoms with van der Waals surface area (Å²) in [6, 6.07) is 3.89. The maximum absolute atomic E-state index is 10.9. The van der Waals surface area contributed by atoms with Crippen LogP contribution in [0.1, 0.15) is 61.0 Å². The summed E-state index contributed by atoms with van der Waals surface area (Å²) in [4.78, 5) is 14.8. The first kappa shape index (κ1) is 22.0. The molecule has 0 aliphatic rings. The molecular formula is C16H31NO. The van der Waals surface area contributed by atoms with Crippen LogP contribution in [0, 0.1) is 5.92 Å². The first-order valence-corrected chi connectivity index (χ1v) is 7.09. The maximum atomic E-state index is 10.9. The second-order valence-corrected chi connectivity index (χ2v) is 3.07. The standard InChI is InChI=1S/C10H13NO.3C2H6/c1-8(9(2)12)7-10-3-5-11-6-4-10;3*1-2/h3-6,8H,7H2,1-2H3;3*1-2H3. The Balaban J connectivity index is -0.000000328. The van der Waals surface area contributed by atoms with E-state index in [0.29, 0.717) is 0 Å². The minimum Gasteiger partial charge on any atom is -0.300 e. The molecule has 0 spiro atoms. The zero-order chi connectivity index (χ0) is 15.0. The van der Waals surface area contributed by atoms with Crippen LogP contribution in [0.5, 0.6) is 0 Å². The van der Waals surface area contributed by atoms with Gasteiger partial charge in [-0.25, -0.2) is 0 Å². The fraction of sp³-hybridized carbons (Fsp3) is 0.625. The molecule has 1 unspecified atom stereocenters. The van der Waals surface area contributed by atoms with Crippen LogP contribution >= 0.6 is 0 Å². The molecule has 1 atom stereocenters. The number of hydrogen-bond donors (Lipinski definition) is 0. The largest absolute Gasteiger partial charge is 0.300 e. The average molecular weight is 253 g/mol. The van der Waals surface area contributed by atoms with Gasteiger partial charge in [-0.2, -0.15) is 0 Å². The topological polar surface area (TPSA) is 30.0 Å². The van der Waals surface area contributed by atoms with Crippen molar-refractivity contribution in [3.8, 4) is 0 Å². The van der Waals surface area contributed by atoms with E-state index in [1.165, 1.54) is 5.56 Å². The van der Waals surface area contributed by atoms with Gasteiger partial charge in [0.2, 0.25) is 0 Å². The Hall–Kier alpha value is -1.18. The number of Topliss-reactive ketones (excluding diaryl/α,β-unsaturated/α-hetero) is 1. The fourth-order valence-electron chi connectivity index (χ4n) is 1.02. The Morgan fingerprint density at radius 1 is 1.06 bits per heavy atom. The van der Waals surface area contributed by atoms with Crippen LogP contribution in [0.4, 0.5) is 0 Å². The Labute approximate surface area is 114 Å². The second-order valence-electron chi connectivity index (χ2n) is 3.07. The highest BCUT2D eigenvalue weighted by Crippen LogP contribution is 2.07. The quantitative estimate of drug-likeness (QED) is 0.764. The first-order chi connectivity index (χ1) is 8.70. The third kappa shape index (κ3) is 12.9. The predicted octanol–water partition coefficient (Wildman–Crippen LogP) is 4.93. The van der Waals surface area contributed by atoms with E-state index in [1.54, 1.807) is 19.3 Å². The lowest BCUT2D eigenvalue weighted by molar-refractivity contribution is -0.120. The van der Waals surface area contributed by atoms with Crippen molar-refractivity contribution in [1.82, 2.24) is 4.98 Å². The molecule has 0 aromatic carbocycles. The van der Waals surface area contributed by atoms with Gasteiger partial charge in [-0.15, -0.1) is 0 Å². The summed E-state index contributed by atoms with van der Waals surface area (Å²) in [6.07, 6.45) is 4.32. The summed E-state index contributed by atoms with van der Waals surface area (Å²) in [5.74, 6) is 0.360. The van der Waals surface area contributed by atoms with Crippen LogP contribution in [-0.2, 0) is 11.2 Å². The van der Waals surface area contributed by atoms with Crippen LogP contribution in [0.15, 0.2) is 24.5 Å². The number of hydrogen-bond acceptors (Lipinski definition) is 2. The van der Waals surface area contributed by atoms with Gasteiger partial charge in [0, 0.05) is 18.3 Å². The number of carbonyl (C=O) groups excluding carboxylic acids is 1. The summed E-state index contributed by atoms with van der Waals surface area (Å²) in [7, 11) is 0. The zero-order valence-electron chi connectivity index (χ0n) is 13.4. The third-order valence-corrected chi connectivity index (χ3v) is 1.99. The van der Waals surface area contributed by atoms with E-state index in [-0.39, 0.29) is 11.7 Å². The van der Waals surface area contributed by atoms with Gasteiger partial charge >= 0.3 is 0 Å². The molecule has 18 heavy (non-hydrogen) atoms. The van der Waals surface area contributed by atoms with E-state index < -0.39 is 0 Å². The molecule has 0 amide bonds. The molecule has 0 saturated heterocycles. The minimum absolute atomic E-state index is 0.118. The molecule has 0 aliphatic heterocycles. The predicted molar refractivity (Wildman–Crippen MR) is 81.8 cm³/mol. The fourth-order valence-corrected chi connectivity index (χ4v) is 1.02. The van der Waals surface area contributed by atoms with Gasteiger partial charge in [-0.05, 0) is 31.0 Å². The highest BCUT2D eigenvalue weighted by molar-refractivity contribution is 5.78. The van der Waals surface area contributed by atoms with E-state index in [1.807, 2.05) is 60.6 Å². The SMILES string of the molecule is CC.CC.CC.CC(=O)C(C)Cc1ccncc1. The van der Waals surface area contributed by atoms with E-state index in [4.69, 9.17) is 0 Å². The molecule has 2 nitrogen and oxygen atoms in total. The van der Waals surface area contributed by atoms with E-state index in [9.17, 15) is 4.79 Å². The summed E-state index contributed by atoms with van der Waals surface area (Å²) >= 11 is 0. The monoisotopic (exact) mass is 253 g/mol. The molecule has 1 aromatic rings. The molecule has 0 saturated carbocycles. The summed E-state index contributed by atoms with van der Waals surface area (Å²) < 4.78 is 0. The van der Waals surface area contributed by atoms with Gasteiger partial charge in [-0.1, -0.05) is 48.5 Å². The summed E-state index contributed by atoms with van der Waals surface area (Å²) in [5.41, 5.74) is 1.17. The normalized spacial score (nSPS) is 9.33. The molecule has 2 heteroatoms. The molecule has 0 fully saturated rings. The van der Waals surface area contributed by atoms with Crippen molar-refractivity contribution in [2.24, 2.45) is 5.92 Å². The van der Waals surface area contributed by atoms with E-state index >= 15 is 0 Å². The lowest BCUT2D eigenvalue weighted by Gasteiger charge is -2.05. The second kappa shape index (κ2) is 18.2. The van der Waals surface area contributed by atoms with E-state index in [0.717, 1.165) is 6.42 Å². The van der Waals surface area contributed by atoms with Crippen molar-refractivity contribution >= 4 is 5.78 Å². The van der Waals surface area contributed by atoms with Crippen molar-refractivity contribution < 1.29 is 4.79 Å². The lowest BCUT2D eigenvalue weighted by atomic mass is 9.99. The lowest BCUT2D eigenvalue weighted by Crippen LogP contribution is -2.09. The van der Waals surface area contributed by atoms with Crippen LogP contribution in [-0.4, -0.2) is 10.8 Å². The smallest absolute Gasteiger partial charge is 0.132 e. The number of pyridine rings is 1. The van der Waals surface area contributed by atoms with Gasteiger partial charge in [0.25, 0.3) is 0 Å². The van der Waals surface area contributed by atoms with E-state index in [2.05, 4.69) is 4.98 Å². The molecule has 0 bridgehead atoms. The van der Waals surface area contributed by atoms with Gasteiger partial charge in [0.15, 0.2) is 0 Å². The van der Waals surface area contributed by atoms with Crippen molar-refractivity contribution in [3.63, 3.8) is 0 Å². The Morgan fingerprint density at radius 3 is 1.78 bits per heavy atom. The number of carbonyl (C=O) groups is 1. The van der Waals surface area contributed by atoms with Crippen LogP contribution in [0.3, 0.4) is 0 Å². The Bertz CT molecular complexity index is 257. The molecule has 0 radical (unpaired) electrons. The molecular weight excluding hydrogens is 222 g/mol. The average Bonchev–Trinajstić information content (AvgIpc) is 2.46. The molecule has 0 N–H and O–H groups in total. The number of rotatable bonds is 3. The highest BCUT2D eigenvalue weighted by atomic mass is 16.1. The summed E-state index contributed by atoms with van der Waals surface area (Å²) in [5, 5.41) is 0. The minimum atomic E-state index is 0.118.